The Labute approximate surface area is 75.8 Å². The molecule has 0 aromatic heterocycles. The third-order valence-corrected chi connectivity index (χ3v) is 2.08. The minimum atomic E-state index is -0.434. The number of aliphatic hydroxyl groups is 1. The standard InChI is InChI=1S/C9H10ClFO/c10-8(5-6-12)7-3-1-2-4-9(7)11/h1-4,8,12H,5-6H2/t8-/m1/s1. The van der Waals surface area contributed by atoms with Crippen LogP contribution in [0.4, 0.5) is 4.39 Å². The molecule has 0 saturated carbocycles. The molecule has 0 aliphatic heterocycles. The Morgan fingerprint density at radius 2 is 2.08 bits per heavy atom. The first-order chi connectivity index (χ1) is 5.75. The third kappa shape index (κ3) is 2.19. The minimum Gasteiger partial charge on any atom is -0.396 e. The quantitative estimate of drug-likeness (QED) is 0.723. The van der Waals surface area contributed by atoms with E-state index in [1.165, 1.54) is 6.07 Å². The van der Waals surface area contributed by atoms with Gasteiger partial charge in [0.1, 0.15) is 5.82 Å². The monoisotopic (exact) mass is 188 g/mol. The van der Waals surface area contributed by atoms with Crippen LogP contribution in [0, 0.1) is 5.82 Å². The van der Waals surface area contributed by atoms with Gasteiger partial charge in [-0.2, -0.15) is 0 Å². The number of benzene rings is 1. The summed E-state index contributed by atoms with van der Waals surface area (Å²) >= 11 is 5.81. The van der Waals surface area contributed by atoms with Crippen LogP contribution in [0.5, 0.6) is 0 Å². The second kappa shape index (κ2) is 4.43. The molecule has 0 amide bonds. The van der Waals surface area contributed by atoms with Gasteiger partial charge in [0.05, 0.1) is 5.38 Å². The lowest BCUT2D eigenvalue weighted by molar-refractivity contribution is 0.286. The molecule has 1 aromatic rings. The summed E-state index contributed by atoms with van der Waals surface area (Å²) < 4.78 is 13.0. The van der Waals surface area contributed by atoms with E-state index in [-0.39, 0.29) is 12.4 Å². The van der Waals surface area contributed by atoms with Crippen molar-refractivity contribution in [3.05, 3.63) is 35.6 Å². The van der Waals surface area contributed by atoms with Crippen molar-refractivity contribution in [2.75, 3.05) is 6.61 Å². The maximum atomic E-state index is 13.0. The van der Waals surface area contributed by atoms with Crippen LogP contribution in [0.15, 0.2) is 24.3 Å². The summed E-state index contributed by atoms with van der Waals surface area (Å²) in [6.45, 7) is -0.0253. The van der Waals surface area contributed by atoms with Crippen molar-refractivity contribution in [3.8, 4) is 0 Å². The zero-order valence-corrected chi connectivity index (χ0v) is 7.26. The molecule has 1 nitrogen and oxygen atoms in total. The Kier molecular flexibility index (Phi) is 3.50. The highest BCUT2D eigenvalue weighted by atomic mass is 35.5. The highest BCUT2D eigenvalue weighted by Gasteiger charge is 2.10. The molecule has 0 aliphatic carbocycles. The van der Waals surface area contributed by atoms with E-state index in [4.69, 9.17) is 16.7 Å². The van der Waals surface area contributed by atoms with Gasteiger partial charge in [-0.1, -0.05) is 18.2 Å². The summed E-state index contributed by atoms with van der Waals surface area (Å²) in [5, 5.41) is 8.15. The van der Waals surface area contributed by atoms with Crippen molar-refractivity contribution in [2.24, 2.45) is 0 Å². The van der Waals surface area contributed by atoms with E-state index in [0.717, 1.165) is 0 Å². The van der Waals surface area contributed by atoms with Crippen LogP contribution >= 0.6 is 11.6 Å². The number of hydrogen-bond donors (Lipinski definition) is 1. The van der Waals surface area contributed by atoms with Gasteiger partial charge in [-0.25, -0.2) is 4.39 Å². The largest absolute Gasteiger partial charge is 0.396 e. The van der Waals surface area contributed by atoms with E-state index in [9.17, 15) is 4.39 Å². The van der Waals surface area contributed by atoms with Gasteiger partial charge in [0.25, 0.3) is 0 Å². The Bertz CT molecular complexity index is 252. The van der Waals surface area contributed by atoms with E-state index in [0.29, 0.717) is 12.0 Å². The Hall–Kier alpha value is -0.600. The van der Waals surface area contributed by atoms with Crippen molar-refractivity contribution in [2.45, 2.75) is 11.8 Å². The molecule has 0 spiro atoms. The van der Waals surface area contributed by atoms with Gasteiger partial charge in [-0.15, -0.1) is 11.6 Å². The van der Waals surface area contributed by atoms with Gasteiger partial charge >= 0.3 is 0 Å². The summed E-state index contributed by atoms with van der Waals surface area (Å²) in [6, 6.07) is 6.33. The summed E-state index contributed by atoms with van der Waals surface area (Å²) in [6.07, 6.45) is 0.377. The van der Waals surface area contributed by atoms with Gasteiger partial charge in [0, 0.05) is 12.2 Å². The molecule has 0 bridgehead atoms. The predicted octanol–water partition coefficient (Wildman–Crippen LogP) is 2.49. The smallest absolute Gasteiger partial charge is 0.127 e. The molecule has 0 aliphatic rings. The van der Waals surface area contributed by atoms with Crippen LogP contribution in [0.2, 0.25) is 0 Å². The second-order valence-corrected chi connectivity index (χ2v) is 3.03. The molecule has 1 aromatic carbocycles. The van der Waals surface area contributed by atoms with Crippen LogP contribution in [0.25, 0.3) is 0 Å². The van der Waals surface area contributed by atoms with Crippen LogP contribution in [0.3, 0.4) is 0 Å². The molecule has 1 N–H and O–H groups in total. The molecule has 0 fully saturated rings. The van der Waals surface area contributed by atoms with Crippen molar-refractivity contribution >= 4 is 11.6 Å². The lowest BCUT2D eigenvalue weighted by Gasteiger charge is -2.07. The molecule has 1 rings (SSSR count). The van der Waals surface area contributed by atoms with Gasteiger partial charge in [0.15, 0.2) is 0 Å². The fourth-order valence-electron chi connectivity index (χ4n) is 0.998. The number of aliphatic hydroxyl groups excluding tert-OH is 1. The van der Waals surface area contributed by atoms with Crippen molar-refractivity contribution < 1.29 is 9.50 Å². The number of halogens is 2. The Balaban J connectivity index is 2.79. The van der Waals surface area contributed by atoms with Gasteiger partial charge in [-0.3, -0.25) is 0 Å². The van der Waals surface area contributed by atoms with E-state index < -0.39 is 5.38 Å². The summed E-state index contributed by atoms with van der Waals surface area (Å²) in [5.74, 6) is -0.314. The number of rotatable bonds is 3. The van der Waals surface area contributed by atoms with Crippen LogP contribution in [-0.4, -0.2) is 11.7 Å². The van der Waals surface area contributed by atoms with Crippen LogP contribution < -0.4 is 0 Å². The lowest BCUT2D eigenvalue weighted by atomic mass is 10.1. The molecule has 0 radical (unpaired) electrons. The molecule has 0 heterocycles. The normalized spacial score (nSPS) is 12.9. The Morgan fingerprint density at radius 1 is 1.42 bits per heavy atom. The first-order valence-electron chi connectivity index (χ1n) is 3.75. The van der Waals surface area contributed by atoms with Crippen molar-refractivity contribution in [1.29, 1.82) is 0 Å². The average molecular weight is 189 g/mol. The molecule has 66 valence electrons. The summed E-state index contributed by atoms with van der Waals surface area (Å²) in [4.78, 5) is 0. The van der Waals surface area contributed by atoms with Gasteiger partial charge in [0.2, 0.25) is 0 Å². The van der Waals surface area contributed by atoms with Crippen LogP contribution in [0.1, 0.15) is 17.4 Å². The van der Waals surface area contributed by atoms with E-state index >= 15 is 0 Å². The molecule has 12 heavy (non-hydrogen) atoms. The Morgan fingerprint density at radius 3 is 2.67 bits per heavy atom. The topological polar surface area (TPSA) is 20.2 Å². The van der Waals surface area contributed by atoms with Crippen molar-refractivity contribution in [1.82, 2.24) is 0 Å². The zero-order chi connectivity index (χ0) is 8.97. The fraction of sp³-hybridized carbons (Fsp3) is 0.333. The number of alkyl halides is 1. The van der Waals surface area contributed by atoms with Crippen molar-refractivity contribution in [3.63, 3.8) is 0 Å². The highest BCUT2D eigenvalue weighted by molar-refractivity contribution is 6.20. The molecule has 0 saturated heterocycles. The molecular formula is C9H10ClFO. The molecule has 3 heteroatoms. The van der Waals surface area contributed by atoms with E-state index in [2.05, 4.69) is 0 Å². The second-order valence-electron chi connectivity index (χ2n) is 2.50. The molecule has 1 atom stereocenters. The third-order valence-electron chi connectivity index (χ3n) is 1.63. The van der Waals surface area contributed by atoms with E-state index in [1.807, 2.05) is 0 Å². The highest BCUT2D eigenvalue weighted by Crippen LogP contribution is 2.25. The maximum Gasteiger partial charge on any atom is 0.127 e. The van der Waals surface area contributed by atoms with Crippen LogP contribution in [-0.2, 0) is 0 Å². The first kappa shape index (κ1) is 9.49. The SMILES string of the molecule is OCC[C@@H](Cl)c1ccccc1F. The first-order valence-corrected chi connectivity index (χ1v) is 4.18. The average Bonchev–Trinajstić information content (AvgIpc) is 2.05. The predicted molar refractivity (Wildman–Crippen MR) is 46.7 cm³/mol. The molecule has 0 unspecified atom stereocenters. The fourth-order valence-corrected chi connectivity index (χ4v) is 1.27. The van der Waals surface area contributed by atoms with E-state index in [1.54, 1.807) is 18.2 Å². The summed E-state index contributed by atoms with van der Waals surface area (Å²) in [5.41, 5.74) is 0.452. The summed E-state index contributed by atoms with van der Waals surface area (Å²) in [7, 11) is 0. The van der Waals surface area contributed by atoms with Gasteiger partial charge in [-0.05, 0) is 12.5 Å². The maximum absolute atomic E-state index is 13.0. The lowest BCUT2D eigenvalue weighted by Crippen LogP contribution is -1.96. The van der Waals surface area contributed by atoms with Gasteiger partial charge < -0.3 is 5.11 Å². The minimum absolute atomic E-state index is 0.0253. The zero-order valence-electron chi connectivity index (χ0n) is 6.50. The molecular weight excluding hydrogens is 179 g/mol. The number of hydrogen-bond acceptors (Lipinski definition) is 1.